The lowest BCUT2D eigenvalue weighted by atomic mass is 9.90. The summed E-state index contributed by atoms with van der Waals surface area (Å²) >= 11 is 0. The molecule has 0 aliphatic carbocycles. The Hall–Kier alpha value is -8.72. The van der Waals surface area contributed by atoms with Crippen LogP contribution in [0.3, 0.4) is 0 Å². The normalized spacial score (nSPS) is 11.3. The highest BCUT2D eigenvalue weighted by molar-refractivity contribution is 6.10. The van der Waals surface area contributed by atoms with Gasteiger partial charge in [-0.15, -0.1) is 0 Å². The molecule has 12 aromatic rings. The molecular formula is C64H44N2. The maximum Gasteiger partial charge on any atom is 0.0541 e. The van der Waals surface area contributed by atoms with E-state index in [2.05, 4.69) is 276 Å². The molecule has 310 valence electrons. The minimum atomic E-state index is 1.07. The van der Waals surface area contributed by atoms with E-state index < -0.39 is 0 Å². The van der Waals surface area contributed by atoms with Crippen LogP contribution in [0.15, 0.2) is 267 Å². The summed E-state index contributed by atoms with van der Waals surface area (Å²) in [6.45, 7) is 0. The van der Waals surface area contributed by atoms with Gasteiger partial charge in [0, 0.05) is 33.3 Å². The van der Waals surface area contributed by atoms with E-state index in [-0.39, 0.29) is 0 Å². The van der Waals surface area contributed by atoms with E-state index >= 15 is 0 Å². The monoisotopic (exact) mass is 840 g/mol. The average Bonchev–Trinajstić information content (AvgIpc) is 3.74. The van der Waals surface area contributed by atoms with Gasteiger partial charge in [-0.05, 0) is 110 Å². The molecule has 0 aliphatic heterocycles. The van der Waals surface area contributed by atoms with Crippen LogP contribution in [0.2, 0.25) is 0 Å². The van der Waals surface area contributed by atoms with Crippen molar-refractivity contribution in [2.45, 2.75) is 0 Å². The Balaban J connectivity index is 1.10. The Morgan fingerprint density at radius 3 is 1.45 bits per heavy atom. The van der Waals surface area contributed by atoms with E-state index in [1.165, 1.54) is 66.0 Å². The Kier molecular flexibility index (Phi) is 9.89. The number of benzene rings is 11. The molecule has 0 atom stereocenters. The number of para-hydroxylation sites is 3. The molecule has 12 rings (SSSR count). The van der Waals surface area contributed by atoms with Gasteiger partial charge in [0.05, 0.1) is 22.4 Å². The van der Waals surface area contributed by atoms with Gasteiger partial charge < -0.3 is 9.47 Å². The minimum Gasteiger partial charge on any atom is -0.310 e. The summed E-state index contributed by atoms with van der Waals surface area (Å²) < 4.78 is 2.43. The molecule has 0 bridgehead atoms. The molecule has 0 N–H and O–H groups in total. The third kappa shape index (κ3) is 6.93. The molecule has 0 spiro atoms. The molecule has 0 radical (unpaired) electrons. The summed E-state index contributed by atoms with van der Waals surface area (Å²) in [5, 5.41) is 4.94. The number of anilines is 3. The molecule has 2 heteroatoms. The van der Waals surface area contributed by atoms with Crippen molar-refractivity contribution >= 4 is 49.6 Å². The van der Waals surface area contributed by atoms with Crippen LogP contribution in [0.1, 0.15) is 0 Å². The molecule has 1 aromatic heterocycles. The fraction of sp³-hybridized carbons (Fsp3) is 0. The highest BCUT2D eigenvalue weighted by Gasteiger charge is 2.22. The lowest BCUT2D eigenvalue weighted by Gasteiger charge is -2.30. The van der Waals surface area contributed by atoms with E-state index in [0.29, 0.717) is 0 Å². The van der Waals surface area contributed by atoms with Crippen molar-refractivity contribution in [3.63, 3.8) is 0 Å². The van der Waals surface area contributed by atoms with Gasteiger partial charge >= 0.3 is 0 Å². The molecule has 0 saturated carbocycles. The van der Waals surface area contributed by atoms with E-state index in [9.17, 15) is 0 Å². The predicted molar refractivity (Wildman–Crippen MR) is 280 cm³/mol. The molecule has 0 saturated heterocycles. The first kappa shape index (κ1) is 38.9. The zero-order valence-electron chi connectivity index (χ0n) is 36.3. The fourth-order valence-electron chi connectivity index (χ4n) is 9.93. The summed E-state index contributed by atoms with van der Waals surface area (Å²) in [4.78, 5) is 2.45. The standard InChI is InChI=1S/C64H44N2/c1-4-19-45(20-5-1)46-35-38-51(39-36-46)65(52-40-41-54(47-21-6-2-7-22-47)60(44-52)56-31-18-26-48-25-10-11-27-53(48)56)64-42-37-50(43-59(64)49-23-8-3-9-24-49)55-28-12-15-32-61(55)66-62-33-16-13-29-57(62)58-30-14-17-34-63(58)66/h1-44H. The summed E-state index contributed by atoms with van der Waals surface area (Å²) in [6, 6.07) is 97.0. The topological polar surface area (TPSA) is 8.17 Å². The van der Waals surface area contributed by atoms with Crippen molar-refractivity contribution in [2.24, 2.45) is 0 Å². The van der Waals surface area contributed by atoms with Crippen molar-refractivity contribution in [3.8, 4) is 61.3 Å². The first-order valence-electron chi connectivity index (χ1n) is 22.7. The van der Waals surface area contributed by atoms with Crippen molar-refractivity contribution in [1.29, 1.82) is 0 Å². The van der Waals surface area contributed by atoms with Crippen LogP contribution in [-0.2, 0) is 0 Å². The van der Waals surface area contributed by atoms with Crippen molar-refractivity contribution < 1.29 is 0 Å². The number of nitrogens with zero attached hydrogens (tertiary/aromatic N) is 2. The number of hydrogen-bond acceptors (Lipinski definition) is 1. The summed E-state index contributed by atoms with van der Waals surface area (Å²) in [6.07, 6.45) is 0. The van der Waals surface area contributed by atoms with Crippen LogP contribution < -0.4 is 4.90 Å². The second-order valence-electron chi connectivity index (χ2n) is 16.9. The van der Waals surface area contributed by atoms with Gasteiger partial charge in [-0.25, -0.2) is 0 Å². The SMILES string of the molecule is c1ccc(-c2ccc(N(c3ccc(-c4ccccc4)c(-c4cccc5ccccc45)c3)c3ccc(-c4ccccc4-n4c5ccccc5c5ccccc54)cc3-c3ccccc3)cc2)cc1. The predicted octanol–water partition coefficient (Wildman–Crippen LogP) is 17.7. The fourth-order valence-corrected chi connectivity index (χ4v) is 9.93. The van der Waals surface area contributed by atoms with Crippen molar-refractivity contribution in [2.75, 3.05) is 4.90 Å². The van der Waals surface area contributed by atoms with Gasteiger partial charge in [0.2, 0.25) is 0 Å². The summed E-state index contributed by atoms with van der Waals surface area (Å²) in [5.74, 6) is 0. The highest BCUT2D eigenvalue weighted by Crippen LogP contribution is 2.47. The molecule has 0 unspecified atom stereocenters. The molecule has 0 amide bonds. The zero-order valence-corrected chi connectivity index (χ0v) is 36.3. The smallest absolute Gasteiger partial charge is 0.0541 e. The van der Waals surface area contributed by atoms with E-state index in [1.54, 1.807) is 0 Å². The minimum absolute atomic E-state index is 1.07. The van der Waals surface area contributed by atoms with Crippen molar-refractivity contribution in [3.05, 3.63) is 267 Å². The maximum absolute atomic E-state index is 2.45. The molecular weight excluding hydrogens is 797 g/mol. The molecule has 2 nitrogen and oxygen atoms in total. The third-order valence-electron chi connectivity index (χ3n) is 13.0. The van der Waals surface area contributed by atoms with Crippen LogP contribution in [0.5, 0.6) is 0 Å². The average molecular weight is 841 g/mol. The Morgan fingerprint density at radius 2 is 0.758 bits per heavy atom. The van der Waals surface area contributed by atoms with Crippen LogP contribution in [-0.4, -0.2) is 4.57 Å². The van der Waals surface area contributed by atoms with Gasteiger partial charge in [-0.2, -0.15) is 0 Å². The van der Waals surface area contributed by atoms with Crippen LogP contribution >= 0.6 is 0 Å². The number of rotatable bonds is 9. The largest absolute Gasteiger partial charge is 0.310 e. The Morgan fingerprint density at radius 1 is 0.258 bits per heavy atom. The third-order valence-corrected chi connectivity index (χ3v) is 13.0. The molecule has 66 heavy (non-hydrogen) atoms. The van der Waals surface area contributed by atoms with E-state index in [4.69, 9.17) is 0 Å². The second-order valence-corrected chi connectivity index (χ2v) is 16.9. The second kappa shape index (κ2) is 16.8. The van der Waals surface area contributed by atoms with Gasteiger partial charge in [0.15, 0.2) is 0 Å². The Bertz CT molecular complexity index is 3620. The van der Waals surface area contributed by atoms with Gasteiger partial charge in [0.25, 0.3) is 0 Å². The lowest BCUT2D eigenvalue weighted by Crippen LogP contribution is -2.12. The molecule has 0 aliphatic rings. The van der Waals surface area contributed by atoms with Gasteiger partial charge in [-0.3, -0.25) is 0 Å². The number of fused-ring (bicyclic) bond motifs is 4. The van der Waals surface area contributed by atoms with E-state index in [1.807, 2.05) is 0 Å². The summed E-state index contributed by atoms with van der Waals surface area (Å²) in [7, 11) is 0. The van der Waals surface area contributed by atoms with Gasteiger partial charge in [0.1, 0.15) is 0 Å². The maximum atomic E-state index is 2.45. The van der Waals surface area contributed by atoms with Crippen LogP contribution in [0, 0.1) is 0 Å². The highest BCUT2D eigenvalue weighted by atomic mass is 15.1. The zero-order chi connectivity index (χ0) is 43.8. The molecule has 11 aromatic carbocycles. The lowest BCUT2D eigenvalue weighted by molar-refractivity contribution is 1.18. The number of hydrogen-bond donors (Lipinski definition) is 0. The van der Waals surface area contributed by atoms with Crippen LogP contribution in [0.25, 0.3) is 93.9 Å². The van der Waals surface area contributed by atoms with Crippen molar-refractivity contribution in [1.82, 2.24) is 4.57 Å². The van der Waals surface area contributed by atoms with E-state index in [0.717, 1.165) is 45.0 Å². The molecule has 0 fully saturated rings. The first-order valence-corrected chi connectivity index (χ1v) is 22.7. The quantitative estimate of drug-likeness (QED) is 0.141. The van der Waals surface area contributed by atoms with Crippen LogP contribution in [0.4, 0.5) is 17.1 Å². The summed E-state index contributed by atoms with van der Waals surface area (Å²) in [5.41, 5.74) is 18.5. The first-order chi connectivity index (χ1) is 32.8. The molecule has 1 heterocycles. The Labute approximate surface area is 385 Å². The van der Waals surface area contributed by atoms with Gasteiger partial charge in [-0.1, -0.05) is 212 Å². The number of aromatic nitrogens is 1.